The summed E-state index contributed by atoms with van der Waals surface area (Å²) < 4.78 is 5.19. The number of carbonyl (C=O) groups is 1. The van der Waals surface area contributed by atoms with Gasteiger partial charge in [0.05, 0.1) is 24.2 Å². The van der Waals surface area contributed by atoms with Crippen LogP contribution in [-0.2, 0) is 0 Å². The van der Waals surface area contributed by atoms with Gasteiger partial charge in [-0.2, -0.15) is 0 Å². The maximum absolute atomic E-state index is 12.7. The summed E-state index contributed by atoms with van der Waals surface area (Å²) in [4.78, 5) is 24.8. The second-order valence-electron chi connectivity index (χ2n) is 6.36. The third-order valence-electron chi connectivity index (χ3n) is 3.96. The number of hydrogen-bond acceptors (Lipinski definition) is 4. The van der Waals surface area contributed by atoms with Crippen LogP contribution in [0.1, 0.15) is 42.5 Å². The van der Waals surface area contributed by atoms with Crippen LogP contribution in [0.5, 0.6) is 5.88 Å². The van der Waals surface area contributed by atoms with Crippen molar-refractivity contribution in [3.05, 3.63) is 54.0 Å². The molecule has 0 aliphatic rings. The molecule has 0 radical (unpaired) electrons. The van der Waals surface area contributed by atoms with Gasteiger partial charge in [0.25, 0.3) is 5.91 Å². The Balaban J connectivity index is 1.89. The molecule has 1 atom stereocenters. The summed E-state index contributed by atoms with van der Waals surface area (Å²) in [5.41, 5.74) is 2.26. The summed E-state index contributed by atoms with van der Waals surface area (Å²) in [5.74, 6) is 1.24. The highest BCUT2D eigenvalue weighted by Crippen LogP contribution is 2.23. The third kappa shape index (κ3) is 3.79. The average Bonchev–Trinajstić information content (AvgIpc) is 3.04. The van der Waals surface area contributed by atoms with Crippen molar-refractivity contribution in [2.75, 3.05) is 7.11 Å². The number of imidazole rings is 1. The summed E-state index contributed by atoms with van der Waals surface area (Å²) in [6, 6.07) is 11.0. The first-order chi connectivity index (χ1) is 12.1. The first-order valence-corrected chi connectivity index (χ1v) is 8.33. The van der Waals surface area contributed by atoms with Gasteiger partial charge in [0, 0.05) is 6.20 Å². The van der Waals surface area contributed by atoms with Crippen molar-refractivity contribution >= 4 is 16.9 Å². The number of aromatic amines is 1. The van der Waals surface area contributed by atoms with Gasteiger partial charge in [-0.1, -0.05) is 26.0 Å². The van der Waals surface area contributed by atoms with Gasteiger partial charge >= 0.3 is 0 Å². The number of aromatic nitrogens is 3. The molecule has 2 heterocycles. The van der Waals surface area contributed by atoms with Gasteiger partial charge in [0.1, 0.15) is 11.4 Å². The van der Waals surface area contributed by atoms with Crippen molar-refractivity contribution in [3.63, 3.8) is 0 Å². The second kappa shape index (κ2) is 7.34. The van der Waals surface area contributed by atoms with Crippen molar-refractivity contribution in [2.24, 2.45) is 5.92 Å². The first-order valence-electron chi connectivity index (χ1n) is 8.33. The Morgan fingerprint density at radius 2 is 2.04 bits per heavy atom. The van der Waals surface area contributed by atoms with E-state index >= 15 is 0 Å². The van der Waals surface area contributed by atoms with Crippen molar-refractivity contribution in [3.8, 4) is 5.88 Å². The molecular formula is C19H22N4O2. The zero-order chi connectivity index (χ0) is 17.8. The van der Waals surface area contributed by atoms with Gasteiger partial charge in [-0.3, -0.25) is 4.79 Å². The maximum atomic E-state index is 12.7. The fourth-order valence-corrected chi connectivity index (χ4v) is 2.81. The molecule has 1 unspecified atom stereocenters. The Labute approximate surface area is 146 Å². The number of amides is 1. The van der Waals surface area contributed by atoms with Crippen LogP contribution in [0, 0.1) is 5.92 Å². The lowest BCUT2D eigenvalue weighted by molar-refractivity contribution is 0.0926. The zero-order valence-electron chi connectivity index (χ0n) is 14.6. The van der Waals surface area contributed by atoms with E-state index in [1.165, 1.54) is 7.11 Å². The van der Waals surface area contributed by atoms with E-state index in [1.807, 2.05) is 24.3 Å². The van der Waals surface area contributed by atoms with E-state index in [0.717, 1.165) is 23.3 Å². The van der Waals surface area contributed by atoms with E-state index < -0.39 is 0 Å². The van der Waals surface area contributed by atoms with Crippen LogP contribution in [-0.4, -0.2) is 28.0 Å². The summed E-state index contributed by atoms with van der Waals surface area (Å²) in [5, 5.41) is 3.06. The quantitative estimate of drug-likeness (QED) is 0.721. The minimum atomic E-state index is -0.226. The molecule has 0 saturated carbocycles. The van der Waals surface area contributed by atoms with Crippen LogP contribution < -0.4 is 10.1 Å². The summed E-state index contributed by atoms with van der Waals surface area (Å²) in [7, 11) is 1.50. The van der Waals surface area contributed by atoms with Crippen molar-refractivity contribution in [1.29, 1.82) is 0 Å². The minimum absolute atomic E-state index is 0.218. The van der Waals surface area contributed by atoms with E-state index in [0.29, 0.717) is 17.4 Å². The minimum Gasteiger partial charge on any atom is -0.480 e. The van der Waals surface area contributed by atoms with E-state index in [-0.39, 0.29) is 11.9 Å². The molecule has 6 nitrogen and oxygen atoms in total. The van der Waals surface area contributed by atoms with Gasteiger partial charge in [-0.25, -0.2) is 9.97 Å². The summed E-state index contributed by atoms with van der Waals surface area (Å²) in [6.45, 7) is 4.24. The van der Waals surface area contributed by atoms with E-state index in [9.17, 15) is 4.79 Å². The van der Waals surface area contributed by atoms with Crippen molar-refractivity contribution in [1.82, 2.24) is 20.3 Å². The van der Waals surface area contributed by atoms with Gasteiger partial charge in [-0.15, -0.1) is 0 Å². The fraction of sp³-hybridized carbons (Fsp3) is 0.316. The molecular weight excluding hydrogens is 316 g/mol. The van der Waals surface area contributed by atoms with Crippen LogP contribution >= 0.6 is 0 Å². The van der Waals surface area contributed by atoms with Gasteiger partial charge in [0.15, 0.2) is 0 Å². The number of methoxy groups -OCH3 is 1. The molecule has 0 saturated heterocycles. The van der Waals surface area contributed by atoms with Gasteiger partial charge in [-0.05, 0) is 36.6 Å². The largest absolute Gasteiger partial charge is 0.480 e. The van der Waals surface area contributed by atoms with Gasteiger partial charge in [0.2, 0.25) is 5.88 Å². The molecule has 2 N–H and O–H groups in total. The number of hydrogen-bond donors (Lipinski definition) is 2. The molecule has 0 spiro atoms. The third-order valence-corrected chi connectivity index (χ3v) is 3.96. The molecule has 0 aliphatic heterocycles. The monoisotopic (exact) mass is 338 g/mol. The smallest absolute Gasteiger partial charge is 0.257 e. The highest BCUT2D eigenvalue weighted by Gasteiger charge is 2.22. The Kier molecular flexibility index (Phi) is 4.97. The molecule has 3 aromatic rings. The molecule has 1 aromatic carbocycles. The number of pyridine rings is 1. The molecule has 0 aliphatic carbocycles. The lowest BCUT2D eigenvalue weighted by Crippen LogP contribution is -2.30. The molecule has 2 aromatic heterocycles. The van der Waals surface area contributed by atoms with E-state index in [4.69, 9.17) is 4.74 Å². The predicted octanol–water partition coefficient (Wildman–Crippen LogP) is 3.48. The number of H-pyrrole nitrogens is 1. The van der Waals surface area contributed by atoms with Crippen LogP contribution in [0.25, 0.3) is 11.0 Å². The SMILES string of the molecule is COc1ncccc1C(=O)NC(CC(C)C)c1nc2ccccc2[nH]1. The number of fused-ring (bicyclic) bond motifs is 1. The zero-order valence-corrected chi connectivity index (χ0v) is 14.6. The number of rotatable bonds is 6. The maximum Gasteiger partial charge on any atom is 0.257 e. The molecule has 6 heteroatoms. The van der Waals surface area contributed by atoms with E-state index in [1.54, 1.807) is 18.3 Å². The molecule has 0 fully saturated rings. The van der Waals surface area contributed by atoms with E-state index in [2.05, 4.69) is 34.1 Å². The first kappa shape index (κ1) is 17.0. The topological polar surface area (TPSA) is 79.9 Å². The average molecular weight is 338 g/mol. The van der Waals surface area contributed by atoms with Crippen molar-refractivity contribution < 1.29 is 9.53 Å². The highest BCUT2D eigenvalue weighted by atomic mass is 16.5. The highest BCUT2D eigenvalue weighted by molar-refractivity contribution is 5.96. The standard InChI is InChI=1S/C19H22N4O2/c1-12(2)11-16(17-21-14-8-4-5-9-15(14)22-17)23-18(24)13-7-6-10-20-19(13)25-3/h4-10,12,16H,11H2,1-3H3,(H,21,22)(H,23,24). The molecule has 130 valence electrons. The summed E-state index contributed by atoms with van der Waals surface area (Å²) in [6.07, 6.45) is 2.37. The second-order valence-corrected chi connectivity index (χ2v) is 6.36. The normalized spacial score (nSPS) is 12.3. The van der Waals surface area contributed by atoms with Gasteiger partial charge < -0.3 is 15.0 Å². The summed E-state index contributed by atoms with van der Waals surface area (Å²) >= 11 is 0. The number of ether oxygens (including phenoxy) is 1. The Hall–Kier alpha value is -2.89. The fourth-order valence-electron chi connectivity index (χ4n) is 2.81. The Morgan fingerprint density at radius 3 is 2.76 bits per heavy atom. The molecule has 3 rings (SSSR count). The van der Waals surface area contributed by atoms with Crippen LogP contribution in [0.15, 0.2) is 42.6 Å². The number of carbonyl (C=O) groups excluding carboxylic acids is 1. The molecule has 1 amide bonds. The van der Waals surface area contributed by atoms with Crippen molar-refractivity contribution in [2.45, 2.75) is 26.3 Å². The molecule has 0 bridgehead atoms. The Morgan fingerprint density at radius 1 is 1.24 bits per heavy atom. The number of benzene rings is 1. The number of para-hydroxylation sites is 2. The van der Waals surface area contributed by atoms with Crippen LogP contribution in [0.4, 0.5) is 0 Å². The number of nitrogens with zero attached hydrogens (tertiary/aromatic N) is 2. The lowest BCUT2D eigenvalue weighted by atomic mass is 10.0. The number of nitrogens with one attached hydrogen (secondary N) is 2. The van der Waals surface area contributed by atoms with Crippen LogP contribution in [0.3, 0.4) is 0 Å². The van der Waals surface area contributed by atoms with Crippen LogP contribution in [0.2, 0.25) is 0 Å². The lowest BCUT2D eigenvalue weighted by Gasteiger charge is -2.19. The molecule has 25 heavy (non-hydrogen) atoms. The Bertz CT molecular complexity index is 839. The predicted molar refractivity (Wildman–Crippen MR) is 96.5 cm³/mol.